The molecule has 0 aromatic heterocycles. The Morgan fingerprint density at radius 3 is 2.42 bits per heavy atom. The minimum absolute atomic E-state index is 0.0295. The second-order valence-electron chi connectivity index (χ2n) is 9.54. The Balaban J connectivity index is 1.56. The number of methoxy groups -OCH3 is 2. The number of hydrogen-bond acceptors (Lipinski definition) is 6. The molecular weight excluding hydrogens is 535 g/mol. The number of esters is 1. The molecule has 1 aliphatic carbocycles. The Bertz CT molecular complexity index is 1560. The Kier molecular flexibility index (Phi) is 6.90. The molecule has 0 saturated heterocycles. The van der Waals surface area contributed by atoms with Gasteiger partial charge in [0.2, 0.25) is 0 Å². The van der Waals surface area contributed by atoms with Crippen LogP contribution < -0.4 is 0 Å². The number of fused-ring (bicyclic) bond motifs is 1. The van der Waals surface area contributed by atoms with Crippen LogP contribution >= 0.6 is 0 Å². The van der Waals surface area contributed by atoms with Gasteiger partial charge in [-0.05, 0) is 29.7 Å². The molecule has 0 amide bonds. The molecule has 5 rings (SSSR count). The number of benzene rings is 2. The minimum Gasteiger partial charge on any atom is -0.468 e. The molecule has 2 atom stereocenters. The first-order chi connectivity index (χ1) is 19.0. The average Bonchev–Trinajstić information content (AvgIpc) is 3.37. The van der Waals surface area contributed by atoms with Crippen molar-refractivity contribution in [2.24, 2.45) is 5.41 Å². The van der Waals surface area contributed by atoms with Gasteiger partial charge in [0.05, 0.1) is 37.2 Å². The first-order valence-electron chi connectivity index (χ1n) is 12.1. The smallest absolute Gasteiger partial charge is 0.409 e. The summed E-state index contributed by atoms with van der Waals surface area (Å²) in [6.07, 6.45) is -1.66. The van der Waals surface area contributed by atoms with Crippen LogP contribution in [0.5, 0.6) is 0 Å². The molecule has 2 aromatic rings. The Labute approximate surface area is 225 Å². The van der Waals surface area contributed by atoms with Crippen molar-refractivity contribution in [1.82, 2.24) is 19.7 Å². The molecule has 0 spiro atoms. The fraction of sp³-hybridized carbons (Fsp3) is 0.286. The van der Waals surface area contributed by atoms with E-state index >= 15 is 0 Å². The lowest BCUT2D eigenvalue weighted by atomic mass is 9.64. The maximum atomic E-state index is 14.9. The van der Waals surface area contributed by atoms with Crippen LogP contribution in [0.4, 0.5) is 22.0 Å². The van der Waals surface area contributed by atoms with Gasteiger partial charge < -0.3 is 9.47 Å². The number of carbonyl (C=O) groups excluding carboxylic acids is 1. The summed E-state index contributed by atoms with van der Waals surface area (Å²) >= 11 is 0. The van der Waals surface area contributed by atoms with Crippen LogP contribution in [0.1, 0.15) is 18.4 Å². The van der Waals surface area contributed by atoms with Crippen LogP contribution in [0.25, 0.3) is 28.3 Å². The zero-order valence-corrected chi connectivity index (χ0v) is 21.4. The third-order valence-corrected chi connectivity index (χ3v) is 7.22. The molecule has 12 heteroatoms. The van der Waals surface area contributed by atoms with E-state index in [4.69, 9.17) is 9.47 Å². The van der Waals surface area contributed by atoms with Crippen molar-refractivity contribution in [1.29, 1.82) is 0 Å². The van der Waals surface area contributed by atoms with Gasteiger partial charge in [-0.15, -0.1) is 0 Å². The first-order valence-corrected chi connectivity index (χ1v) is 12.1. The van der Waals surface area contributed by atoms with E-state index in [0.717, 1.165) is 13.2 Å². The van der Waals surface area contributed by atoms with Crippen LogP contribution in [-0.2, 0) is 20.8 Å². The van der Waals surface area contributed by atoms with Gasteiger partial charge in [0, 0.05) is 13.5 Å². The lowest BCUT2D eigenvalue weighted by Crippen LogP contribution is -2.55. The molecule has 0 bridgehead atoms. The van der Waals surface area contributed by atoms with Crippen molar-refractivity contribution in [3.8, 4) is 22.8 Å². The molecule has 3 aliphatic rings. The standard InChI is InChI=1S/C28H23F5N4O3/c1-39-25(38)27(28(31,32)33)15-26(40-2,12-11-19(27)17-7-4-3-5-8-17)16-37-14-22-21(13-34-37)35-24(36-22)18-9-6-10-20(29)23(18)30/h3-11,13-14H,12,15-16H2,1-2H3. The fourth-order valence-corrected chi connectivity index (χ4v) is 5.20. The monoisotopic (exact) mass is 558 g/mol. The molecule has 7 nitrogen and oxygen atoms in total. The van der Waals surface area contributed by atoms with Gasteiger partial charge in [-0.25, -0.2) is 18.7 Å². The zero-order chi connectivity index (χ0) is 28.7. The van der Waals surface area contributed by atoms with Gasteiger partial charge in [0.1, 0.15) is 11.4 Å². The third-order valence-electron chi connectivity index (χ3n) is 7.22. The predicted molar refractivity (Wildman–Crippen MR) is 134 cm³/mol. The second kappa shape index (κ2) is 10.1. The lowest BCUT2D eigenvalue weighted by molar-refractivity contribution is -0.232. The topological polar surface area (TPSA) is 79.1 Å². The second-order valence-corrected chi connectivity index (χ2v) is 9.54. The predicted octanol–water partition coefficient (Wildman–Crippen LogP) is 5.71. The summed E-state index contributed by atoms with van der Waals surface area (Å²) in [5.41, 5.74) is -4.12. The maximum Gasteiger partial charge on any atom is 0.409 e. The van der Waals surface area contributed by atoms with Crippen molar-refractivity contribution < 1.29 is 36.2 Å². The number of ether oxygens (including phenoxy) is 2. The summed E-state index contributed by atoms with van der Waals surface area (Å²) in [5.74, 6) is -3.68. The van der Waals surface area contributed by atoms with E-state index in [9.17, 15) is 26.7 Å². The molecule has 0 saturated carbocycles. The molecule has 2 unspecified atom stereocenters. The van der Waals surface area contributed by atoms with Crippen LogP contribution in [0, 0.1) is 17.0 Å². The number of imidazole rings is 1. The van der Waals surface area contributed by atoms with E-state index in [1.165, 1.54) is 54.5 Å². The summed E-state index contributed by atoms with van der Waals surface area (Å²) in [6.45, 7) is -0.191. The fourth-order valence-electron chi connectivity index (χ4n) is 5.20. The number of aromatic nitrogens is 4. The quantitative estimate of drug-likeness (QED) is 0.223. The number of carbonyl (C=O) groups is 1. The van der Waals surface area contributed by atoms with Gasteiger partial charge in [0.15, 0.2) is 22.9 Å². The van der Waals surface area contributed by atoms with Crippen LogP contribution in [0.3, 0.4) is 0 Å². The number of rotatable bonds is 6. The lowest BCUT2D eigenvalue weighted by Gasteiger charge is -2.46. The molecule has 0 radical (unpaired) electrons. The van der Waals surface area contributed by atoms with Gasteiger partial charge in [-0.2, -0.15) is 18.3 Å². The third kappa shape index (κ3) is 4.51. The SMILES string of the molecule is COC(=O)C1(C(F)(F)F)CC(Cn2cc3nc(-c4cccc(F)c4F)nc-3cn2)(OC)CC=C1c1ccccc1. The highest BCUT2D eigenvalue weighted by molar-refractivity contribution is 5.95. The largest absolute Gasteiger partial charge is 0.468 e. The number of nitrogens with zero attached hydrogens (tertiary/aromatic N) is 4. The van der Waals surface area contributed by atoms with Gasteiger partial charge in [0.25, 0.3) is 0 Å². The average molecular weight is 559 g/mol. The summed E-state index contributed by atoms with van der Waals surface area (Å²) in [6, 6.07) is 11.5. The van der Waals surface area contributed by atoms with Gasteiger partial charge >= 0.3 is 12.1 Å². The van der Waals surface area contributed by atoms with E-state index in [-0.39, 0.29) is 46.9 Å². The Morgan fingerprint density at radius 1 is 1.02 bits per heavy atom. The maximum absolute atomic E-state index is 14.9. The highest BCUT2D eigenvalue weighted by Crippen LogP contribution is 2.57. The van der Waals surface area contributed by atoms with Gasteiger partial charge in [-0.3, -0.25) is 9.48 Å². The van der Waals surface area contributed by atoms with Crippen molar-refractivity contribution >= 4 is 11.5 Å². The molecule has 0 fully saturated rings. The van der Waals surface area contributed by atoms with Crippen molar-refractivity contribution in [2.75, 3.05) is 14.2 Å². The molecule has 208 valence electrons. The number of alkyl halides is 3. The zero-order valence-electron chi connectivity index (χ0n) is 21.4. The van der Waals surface area contributed by atoms with E-state index in [1.807, 2.05) is 0 Å². The van der Waals surface area contributed by atoms with Crippen molar-refractivity contribution in [3.05, 3.63) is 84.2 Å². The summed E-state index contributed by atoms with van der Waals surface area (Å²) in [7, 11) is 2.19. The summed E-state index contributed by atoms with van der Waals surface area (Å²) in [4.78, 5) is 21.5. The highest BCUT2D eigenvalue weighted by atomic mass is 19.4. The normalized spacial score (nSPS) is 21.3. The van der Waals surface area contributed by atoms with Crippen LogP contribution in [-0.4, -0.2) is 51.7 Å². The first kappa shape index (κ1) is 27.4. The highest BCUT2D eigenvalue weighted by Gasteiger charge is 2.67. The molecule has 40 heavy (non-hydrogen) atoms. The molecule has 0 N–H and O–H groups in total. The van der Waals surface area contributed by atoms with E-state index in [0.29, 0.717) is 0 Å². The molecule has 2 aromatic carbocycles. The Hall–Kier alpha value is -4.19. The summed E-state index contributed by atoms with van der Waals surface area (Å²) in [5, 5.41) is 4.24. The van der Waals surface area contributed by atoms with Gasteiger partial charge in [-0.1, -0.05) is 42.5 Å². The minimum atomic E-state index is -5.02. The van der Waals surface area contributed by atoms with Crippen LogP contribution in [0.15, 0.2) is 67.0 Å². The van der Waals surface area contributed by atoms with Crippen molar-refractivity contribution in [3.63, 3.8) is 0 Å². The molecule has 2 heterocycles. The van der Waals surface area contributed by atoms with E-state index in [1.54, 1.807) is 18.2 Å². The van der Waals surface area contributed by atoms with Crippen molar-refractivity contribution in [2.45, 2.75) is 31.2 Å². The van der Waals surface area contributed by atoms with E-state index < -0.39 is 41.2 Å². The summed E-state index contributed by atoms with van der Waals surface area (Å²) < 4.78 is 84.5. The molecular formula is C28H23F5N4O3. The van der Waals surface area contributed by atoms with E-state index in [2.05, 4.69) is 15.1 Å². The Morgan fingerprint density at radius 2 is 1.75 bits per heavy atom. The molecule has 2 aliphatic heterocycles. The number of halogens is 5. The van der Waals surface area contributed by atoms with Crippen LogP contribution in [0.2, 0.25) is 0 Å². The number of hydrogen-bond donors (Lipinski definition) is 0.